The maximum atomic E-state index is 8.72. The lowest BCUT2D eigenvalue weighted by Crippen LogP contribution is -2.22. The zero-order chi connectivity index (χ0) is 15.1. The van der Waals surface area contributed by atoms with Crippen molar-refractivity contribution in [1.82, 2.24) is 9.97 Å². The quantitative estimate of drug-likeness (QED) is 0.828. The van der Waals surface area contributed by atoms with Crippen LogP contribution in [-0.4, -0.2) is 30.1 Å². The SMILES string of the molecule is CCCNc1nc(C(C)C)nc(N(C)CCC#N)c1C. The van der Waals surface area contributed by atoms with Gasteiger partial charge in [0.25, 0.3) is 0 Å². The molecule has 0 unspecified atom stereocenters. The summed E-state index contributed by atoms with van der Waals surface area (Å²) in [6.07, 6.45) is 1.55. The van der Waals surface area contributed by atoms with E-state index in [-0.39, 0.29) is 5.92 Å². The molecule has 5 nitrogen and oxygen atoms in total. The molecular weight excluding hydrogens is 250 g/mol. The number of nitriles is 1. The summed E-state index contributed by atoms with van der Waals surface area (Å²) >= 11 is 0. The van der Waals surface area contributed by atoms with Crippen LogP contribution in [0.2, 0.25) is 0 Å². The fourth-order valence-electron chi connectivity index (χ4n) is 1.89. The van der Waals surface area contributed by atoms with Crippen LogP contribution in [-0.2, 0) is 0 Å². The Morgan fingerprint density at radius 1 is 1.35 bits per heavy atom. The summed E-state index contributed by atoms with van der Waals surface area (Å²) in [6, 6.07) is 2.17. The number of hydrogen-bond acceptors (Lipinski definition) is 5. The number of aromatic nitrogens is 2. The summed E-state index contributed by atoms with van der Waals surface area (Å²) < 4.78 is 0. The summed E-state index contributed by atoms with van der Waals surface area (Å²) in [5.41, 5.74) is 1.04. The molecule has 0 spiro atoms. The van der Waals surface area contributed by atoms with E-state index in [0.29, 0.717) is 13.0 Å². The van der Waals surface area contributed by atoms with Crippen molar-refractivity contribution in [1.29, 1.82) is 5.26 Å². The predicted octanol–water partition coefficient (Wildman–Crippen LogP) is 3.08. The summed E-state index contributed by atoms with van der Waals surface area (Å²) in [4.78, 5) is 11.3. The van der Waals surface area contributed by atoms with Gasteiger partial charge in [0.05, 0.1) is 12.5 Å². The molecule has 1 aromatic heterocycles. The molecule has 0 radical (unpaired) electrons. The molecule has 1 rings (SSSR count). The van der Waals surface area contributed by atoms with E-state index in [4.69, 9.17) is 5.26 Å². The molecule has 0 aliphatic carbocycles. The van der Waals surface area contributed by atoms with Gasteiger partial charge in [-0.2, -0.15) is 5.26 Å². The van der Waals surface area contributed by atoms with Crippen molar-refractivity contribution in [2.24, 2.45) is 0 Å². The molecule has 5 heteroatoms. The minimum atomic E-state index is 0.279. The Labute approximate surface area is 122 Å². The van der Waals surface area contributed by atoms with Crippen LogP contribution in [0.1, 0.15) is 50.9 Å². The van der Waals surface area contributed by atoms with Crippen molar-refractivity contribution in [3.63, 3.8) is 0 Å². The van der Waals surface area contributed by atoms with Crippen LogP contribution in [0.5, 0.6) is 0 Å². The van der Waals surface area contributed by atoms with Gasteiger partial charge in [-0.05, 0) is 13.3 Å². The minimum absolute atomic E-state index is 0.279. The third-order valence-corrected chi connectivity index (χ3v) is 3.12. The molecule has 0 amide bonds. The highest BCUT2D eigenvalue weighted by Crippen LogP contribution is 2.25. The smallest absolute Gasteiger partial charge is 0.137 e. The highest BCUT2D eigenvalue weighted by atomic mass is 15.2. The van der Waals surface area contributed by atoms with E-state index in [1.807, 2.05) is 18.9 Å². The summed E-state index contributed by atoms with van der Waals surface area (Å²) in [6.45, 7) is 9.92. The first kappa shape index (κ1) is 16.2. The molecule has 0 aliphatic heterocycles. The Bertz CT molecular complexity index is 476. The van der Waals surface area contributed by atoms with E-state index in [1.165, 1.54) is 0 Å². The maximum Gasteiger partial charge on any atom is 0.137 e. The van der Waals surface area contributed by atoms with Crippen LogP contribution in [0.3, 0.4) is 0 Å². The highest BCUT2D eigenvalue weighted by Gasteiger charge is 2.15. The van der Waals surface area contributed by atoms with Gasteiger partial charge >= 0.3 is 0 Å². The number of nitrogens with one attached hydrogen (secondary N) is 1. The minimum Gasteiger partial charge on any atom is -0.370 e. The first-order valence-electron chi connectivity index (χ1n) is 7.21. The second-order valence-electron chi connectivity index (χ2n) is 5.29. The molecule has 1 heterocycles. The van der Waals surface area contributed by atoms with E-state index in [1.54, 1.807) is 0 Å². The molecule has 0 saturated carbocycles. The molecule has 110 valence electrons. The van der Waals surface area contributed by atoms with Crippen molar-refractivity contribution >= 4 is 11.6 Å². The first-order valence-corrected chi connectivity index (χ1v) is 7.21. The average Bonchev–Trinajstić information content (AvgIpc) is 2.43. The summed E-state index contributed by atoms with van der Waals surface area (Å²) in [5, 5.41) is 12.1. The van der Waals surface area contributed by atoms with Gasteiger partial charge in [-0.1, -0.05) is 20.8 Å². The van der Waals surface area contributed by atoms with Crippen LogP contribution in [0.15, 0.2) is 0 Å². The zero-order valence-electron chi connectivity index (χ0n) is 13.2. The molecule has 0 aliphatic rings. The van der Waals surface area contributed by atoms with Crippen LogP contribution in [0.25, 0.3) is 0 Å². The zero-order valence-corrected chi connectivity index (χ0v) is 13.2. The number of anilines is 2. The monoisotopic (exact) mass is 275 g/mol. The van der Waals surface area contributed by atoms with E-state index in [9.17, 15) is 0 Å². The van der Waals surface area contributed by atoms with Gasteiger partial charge in [-0.25, -0.2) is 9.97 Å². The Balaban J connectivity index is 3.13. The van der Waals surface area contributed by atoms with Crippen LogP contribution in [0, 0.1) is 18.3 Å². The van der Waals surface area contributed by atoms with Gasteiger partial charge in [-0.15, -0.1) is 0 Å². The normalized spacial score (nSPS) is 10.4. The topological polar surface area (TPSA) is 64.8 Å². The van der Waals surface area contributed by atoms with Crippen LogP contribution in [0.4, 0.5) is 11.6 Å². The second kappa shape index (κ2) is 7.68. The van der Waals surface area contributed by atoms with Crippen molar-refractivity contribution in [3.8, 4) is 6.07 Å². The van der Waals surface area contributed by atoms with Crippen molar-refractivity contribution in [2.75, 3.05) is 30.4 Å². The number of hydrogen-bond donors (Lipinski definition) is 1. The lowest BCUT2D eigenvalue weighted by Gasteiger charge is -2.22. The maximum absolute atomic E-state index is 8.72. The fourth-order valence-corrected chi connectivity index (χ4v) is 1.89. The third kappa shape index (κ3) is 4.09. The Morgan fingerprint density at radius 2 is 2.05 bits per heavy atom. The van der Waals surface area contributed by atoms with Gasteiger partial charge < -0.3 is 10.2 Å². The Hall–Kier alpha value is -1.83. The highest BCUT2D eigenvalue weighted by molar-refractivity contribution is 5.58. The van der Waals surface area contributed by atoms with Gasteiger partial charge in [0.2, 0.25) is 0 Å². The Kier molecular flexibility index (Phi) is 6.23. The van der Waals surface area contributed by atoms with E-state index < -0.39 is 0 Å². The molecule has 0 bridgehead atoms. The van der Waals surface area contributed by atoms with Crippen LogP contribution < -0.4 is 10.2 Å². The molecule has 0 aromatic carbocycles. The lowest BCUT2D eigenvalue weighted by atomic mass is 10.2. The molecular formula is C15H25N5. The molecule has 0 atom stereocenters. The van der Waals surface area contributed by atoms with Crippen molar-refractivity contribution < 1.29 is 0 Å². The Morgan fingerprint density at radius 3 is 2.60 bits per heavy atom. The summed E-state index contributed by atoms with van der Waals surface area (Å²) in [5.74, 6) is 2.94. The van der Waals surface area contributed by atoms with Crippen molar-refractivity contribution in [2.45, 2.75) is 46.5 Å². The third-order valence-electron chi connectivity index (χ3n) is 3.12. The predicted molar refractivity (Wildman–Crippen MR) is 83.1 cm³/mol. The van der Waals surface area contributed by atoms with Gasteiger partial charge in [0, 0.05) is 31.6 Å². The molecule has 0 fully saturated rings. The fraction of sp³-hybridized carbons (Fsp3) is 0.667. The molecule has 20 heavy (non-hydrogen) atoms. The number of rotatable bonds is 7. The first-order chi connectivity index (χ1) is 9.51. The standard InChI is InChI=1S/C15H25N5/c1-6-9-17-14-12(4)15(20(5)10-7-8-16)19-13(18-14)11(2)3/h11H,6-7,9-10H2,1-5H3,(H,17,18,19). The molecule has 1 N–H and O–H groups in total. The van der Waals surface area contributed by atoms with Crippen LogP contribution >= 0.6 is 0 Å². The lowest BCUT2D eigenvalue weighted by molar-refractivity contribution is 0.758. The molecule has 1 aromatic rings. The van der Waals surface area contributed by atoms with Gasteiger partial charge in [-0.3, -0.25) is 0 Å². The van der Waals surface area contributed by atoms with E-state index in [0.717, 1.165) is 36.0 Å². The summed E-state index contributed by atoms with van der Waals surface area (Å²) in [7, 11) is 1.97. The molecule has 0 saturated heterocycles. The second-order valence-corrected chi connectivity index (χ2v) is 5.29. The van der Waals surface area contributed by atoms with Gasteiger partial charge in [0.15, 0.2) is 0 Å². The average molecular weight is 275 g/mol. The largest absolute Gasteiger partial charge is 0.370 e. The van der Waals surface area contributed by atoms with E-state index >= 15 is 0 Å². The van der Waals surface area contributed by atoms with E-state index in [2.05, 4.69) is 42.1 Å². The van der Waals surface area contributed by atoms with Gasteiger partial charge in [0.1, 0.15) is 17.5 Å². The van der Waals surface area contributed by atoms with Crippen molar-refractivity contribution in [3.05, 3.63) is 11.4 Å². The number of nitrogens with zero attached hydrogens (tertiary/aromatic N) is 4.